The molecule has 2 aromatic rings. The monoisotopic (exact) mass is 380 g/mol. The van der Waals surface area contributed by atoms with Crippen molar-refractivity contribution < 1.29 is 17.5 Å². The first-order valence-corrected chi connectivity index (χ1v) is 10.2. The van der Waals surface area contributed by atoms with Gasteiger partial charge in [-0.15, -0.1) is 5.10 Å². The van der Waals surface area contributed by atoms with Gasteiger partial charge in [0.1, 0.15) is 11.5 Å². The lowest BCUT2D eigenvalue weighted by Gasteiger charge is -2.20. The smallest absolute Gasteiger partial charge is 0.243 e. The molecule has 2 aliphatic rings. The molecule has 140 valence electrons. The molecule has 4 rings (SSSR count). The van der Waals surface area contributed by atoms with Gasteiger partial charge in [-0.3, -0.25) is 0 Å². The minimum Gasteiger partial charge on any atom is -0.375 e. The Hall–Kier alpha value is -1.84. The summed E-state index contributed by atoms with van der Waals surface area (Å²) in [5, 5.41) is 8.32. The molecule has 0 amide bonds. The number of nitrogens with zero attached hydrogens (tertiary/aromatic N) is 4. The van der Waals surface area contributed by atoms with E-state index in [1.807, 2.05) is 0 Å². The quantitative estimate of drug-likeness (QED) is 0.765. The summed E-state index contributed by atoms with van der Waals surface area (Å²) in [7, 11) is -3.71. The van der Waals surface area contributed by atoms with Crippen molar-refractivity contribution in [3.63, 3.8) is 0 Å². The molecule has 7 nitrogen and oxygen atoms in total. The van der Waals surface area contributed by atoms with Crippen molar-refractivity contribution in [3.05, 3.63) is 41.5 Å². The topological polar surface area (TPSA) is 77.3 Å². The van der Waals surface area contributed by atoms with E-state index >= 15 is 0 Å². The second kappa shape index (κ2) is 7.05. The molecule has 0 unspecified atom stereocenters. The number of ether oxygens (including phenoxy) is 1. The maximum absolute atomic E-state index is 13.1. The van der Waals surface area contributed by atoms with Gasteiger partial charge in [0.2, 0.25) is 10.0 Å². The van der Waals surface area contributed by atoms with Crippen molar-refractivity contribution in [1.82, 2.24) is 19.3 Å². The van der Waals surface area contributed by atoms with Crippen LogP contribution in [0, 0.1) is 11.7 Å². The molecule has 1 saturated carbocycles. The van der Waals surface area contributed by atoms with Crippen molar-refractivity contribution in [1.29, 1.82) is 0 Å². The van der Waals surface area contributed by atoms with Crippen molar-refractivity contribution >= 4 is 10.0 Å². The summed E-state index contributed by atoms with van der Waals surface area (Å²) in [5.41, 5.74) is 1.45. The minimum absolute atomic E-state index is 0.0892. The predicted octanol–water partition coefficient (Wildman–Crippen LogP) is 1.94. The number of rotatable bonds is 6. The Morgan fingerprint density at radius 3 is 2.69 bits per heavy atom. The van der Waals surface area contributed by atoms with E-state index in [1.165, 1.54) is 29.3 Å². The van der Waals surface area contributed by atoms with E-state index in [-0.39, 0.29) is 11.4 Å². The molecule has 26 heavy (non-hydrogen) atoms. The number of sulfonamides is 1. The highest BCUT2D eigenvalue weighted by Gasteiger charge is 2.30. The summed E-state index contributed by atoms with van der Waals surface area (Å²) in [6, 6.07) is 4.91. The molecule has 0 atom stereocenters. The molecule has 1 aliphatic heterocycles. The van der Waals surface area contributed by atoms with E-state index < -0.39 is 15.8 Å². The van der Waals surface area contributed by atoms with Crippen LogP contribution in [0.3, 0.4) is 0 Å². The zero-order valence-electron chi connectivity index (χ0n) is 14.3. The maximum Gasteiger partial charge on any atom is 0.243 e. The number of benzene rings is 1. The maximum atomic E-state index is 13.1. The zero-order chi connectivity index (χ0) is 18.1. The van der Waals surface area contributed by atoms with E-state index in [4.69, 9.17) is 4.74 Å². The minimum atomic E-state index is -3.71. The fraction of sp³-hybridized carbons (Fsp3) is 0.529. The Kier molecular flexibility index (Phi) is 4.76. The third-order valence-corrected chi connectivity index (χ3v) is 6.62. The molecular formula is C17H21FN4O3S. The van der Waals surface area contributed by atoms with Gasteiger partial charge in [-0.05, 0) is 49.4 Å². The Balaban J connectivity index is 1.54. The Morgan fingerprint density at radius 2 is 1.96 bits per heavy atom. The molecule has 1 aromatic heterocycles. The highest BCUT2D eigenvalue weighted by Crippen LogP contribution is 2.29. The Labute approximate surface area is 151 Å². The molecule has 1 fully saturated rings. The van der Waals surface area contributed by atoms with Crippen LogP contribution >= 0.6 is 0 Å². The second-order valence-electron chi connectivity index (χ2n) is 6.81. The van der Waals surface area contributed by atoms with Crippen LogP contribution in [0.1, 0.15) is 30.7 Å². The van der Waals surface area contributed by atoms with Gasteiger partial charge in [0.15, 0.2) is 0 Å². The Bertz CT molecular complexity index is 878. The number of hydrogen-bond acceptors (Lipinski definition) is 5. The van der Waals surface area contributed by atoms with Crippen LogP contribution < -0.4 is 0 Å². The van der Waals surface area contributed by atoms with Crippen LogP contribution in [0.15, 0.2) is 29.2 Å². The van der Waals surface area contributed by atoms with Crippen LogP contribution in [0.25, 0.3) is 0 Å². The number of aromatic nitrogens is 3. The highest BCUT2D eigenvalue weighted by molar-refractivity contribution is 7.89. The number of hydrogen-bond donors (Lipinski definition) is 0. The Morgan fingerprint density at radius 1 is 1.19 bits per heavy atom. The zero-order valence-corrected chi connectivity index (χ0v) is 15.2. The van der Waals surface area contributed by atoms with Crippen molar-refractivity contribution in [3.8, 4) is 0 Å². The predicted molar refractivity (Wildman–Crippen MR) is 91.0 cm³/mol. The van der Waals surface area contributed by atoms with E-state index in [0.29, 0.717) is 44.3 Å². The lowest BCUT2D eigenvalue weighted by Crippen LogP contribution is -2.31. The van der Waals surface area contributed by atoms with Gasteiger partial charge < -0.3 is 4.74 Å². The lowest BCUT2D eigenvalue weighted by atomic mass is 10.3. The number of halogens is 1. The molecule has 0 N–H and O–H groups in total. The van der Waals surface area contributed by atoms with Gasteiger partial charge in [-0.2, -0.15) is 4.31 Å². The van der Waals surface area contributed by atoms with Gasteiger partial charge in [-0.25, -0.2) is 17.5 Å². The van der Waals surface area contributed by atoms with Gasteiger partial charge in [0, 0.05) is 19.7 Å². The van der Waals surface area contributed by atoms with Crippen LogP contribution in [-0.4, -0.2) is 40.9 Å². The molecular weight excluding hydrogens is 359 g/mol. The number of aryl methyl sites for hydroxylation is 1. The third kappa shape index (κ3) is 3.65. The van der Waals surface area contributed by atoms with Crippen molar-refractivity contribution in [2.24, 2.45) is 5.92 Å². The van der Waals surface area contributed by atoms with Gasteiger partial charge in [0.25, 0.3) is 0 Å². The van der Waals surface area contributed by atoms with E-state index in [0.717, 1.165) is 17.8 Å². The summed E-state index contributed by atoms with van der Waals surface area (Å²) in [6.45, 7) is 2.24. The SMILES string of the molecule is O=S(=O)(c1ccc(F)cc1)N1CCCn2nnc(COCC3CC3)c2C1. The second-order valence-corrected chi connectivity index (χ2v) is 8.75. The summed E-state index contributed by atoms with van der Waals surface area (Å²) in [4.78, 5) is 0.0892. The van der Waals surface area contributed by atoms with E-state index in [9.17, 15) is 12.8 Å². The normalized spacial score (nSPS) is 18.5. The fourth-order valence-electron chi connectivity index (χ4n) is 3.04. The van der Waals surface area contributed by atoms with Crippen LogP contribution in [0.4, 0.5) is 4.39 Å². The van der Waals surface area contributed by atoms with Crippen LogP contribution in [0.5, 0.6) is 0 Å². The molecule has 0 bridgehead atoms. The van der Waals surface area contributed by atoms with Crippen molar-refractivity contribution in [2.45, 2.75) is 43.9 Å². The molecule has 9 heteroatoms. The summed E-state index contributed by atoms with van der Waals surface area (Å²) in [5.74, 6) is 0.191. The average Bonchev–Trinajstić information content (AvgIpc) is 3.40. The van der Waals surface area contributed by atoms with Gasteiger partial charge in [0.05, 0.1) is 23.7 Å². The fourth-order valence-corrected chi connectivity index (χ4v) is 4.48. The van der Waals surface area contributed by atoms with Gasteiger partial charge >= 0.3 is 0 Å². The highest BCUT2D eigenvalue weighted by atomic mass is 32.2. The number of fused-ring (bicyclic) bond motifs is 1. The first-order chi connectivity index (χ1) is 12.5. The summed E-state index contributed by atoms with van der Waals surface area (Å²) in [6.07, 6.45) is 3.06. The molecule has 1 aliphatic carbocycles. The molecule has 1 aromatic carbocycles. The first kappa shape index (κ1) is 17.6. The van der Waals surface area contributed by atoms with Gasteiger partial charge in [-0.1, -0.05) is 5.21 Å². The summed E-state index contributed by atoms with van der Waals surface area (Å²) >= 11 is 0. The van der Waals surface area contributed by atoms with Crippen molar-refractivity contribution in [2.75, 3.05) is 13.2 Å². The first-order valence-electron chi connectivity index (χ1n) is 8.79. The van der Waals surface area contributed by atoms with E-state index in [1.54, 1.807) is 4.68 Å². The lowest BCUT2D eigenvalue weighted by molar-refractivity contribution is 0.108. The standard InChI is InChI=1S/C17H21FN4O3S/c18-14-4-6-15(7-5-14)26(23,24)21-8-1-9-22-17(10-21)16(19-20-22)12-25-11-13-2-3-13/h4-7,13H,1-3,8-12H2. The van der Waals surface area contributed by atoms with Crippen LogP contribution in [-0.2, 0) is 34.5 Å². The molecule has 0 spiro atoms. The third-order valence-electron chi connectivity index (χ3n) is 4.76. The van der Waals surface area contributed by atoms with E-state index in [2.05, 4.69) is 10.3 Å². The molecule has 2 heterocycles. The molecule has 0 radical (unpaired) electrons. The molecule has 0 saturated heterocycles. The average molecular weight is 380 g/mol. The largest absolute Gasteiger partial charge is 0.375 e. The summed E-state index contributed by atoms with van der Waals surface area (Å²) < 4.78 is 47.9. The van der Waals surface area contributed by atoms with Crippen LogP contribution in [0.2, 0.25) is 0 Å².